The van der Waals surface area contributed by atoms with Crippen molar-refractivity contribution in [1.29, 1.82) is 0 Å². The topological polar surface area (TPSA) is 40.5 Å². The summed E-state index contributed by atoms with van der Waals surface area (Å²) < 4.78 is 0. The molecule has 0 unspecified atom stereocenters. The van der Waals surface area contributed by atoms with Crippen molar-refractivity contribution in [2.75, 3.05) is 0 Å². The van der Waals surface area contributed by atoms with Crippen molar-refractivity contribution in [3.63, 3.8) is 0 Å². The van der Waals surface area contributed by atoms with Crippen LogP contribution in [-0.2, 0) is 10.8 Å². The Morgan fingerprint density at radius 3 is 1.24 bits per heavy atom. The number of hydrogen-bond donors (Lipinski definition) is 2. The molecule has 0 fully saturated rings. The van der Waals surface area contributed by atoms with Crippen LogP contribution in [0.3, 0.4) is 0 Å². The molecule has 0 aromatic heterocycles. The van der Waals surface area contributed by atoms with Crippen molar-refractivity contribution < 1.29 is 10.2 Å². The minimum Gasteiger partial charge on any atom is -0.508 e. The molecule has 2 nitrogen and oxygen atoms in total. The van der Waals surface area contributed by atoms with Crippen molar-refractivity contribution in [2.24, 2.45) is 0 Å². The lowest BCUT2D eigenvalue weighted by molar-refractivity contribution is 0.468. The number of phenols is 2. The van der Waals surface area contributed by atoms with Gasteiger partial charge in [0.1, 0.15) is 11.5 Å². The molecule has 2 aromatic rings. The zero-order chi connectivity index (χ0) is 19.2. The van der Waals surface area contributed by atoms with Gasteiger partial charge in [0.25, 0.3) is 0 Å². The van der Waals surface area contributed by atoms with E-state index >= 15 is 0 Å². The SMILES string of the molecule is Cc1cc(O)cc(C(C)(C)C)c1Sc1c(C)cc(O)cc1C(C)(C)C. The van der Waals surface area contributed by atoms with Gasteiger partial charge in [-0.25, -0.2) is 0 Å². The second-order valence-corrected chi connectivity index (χ2v) is 9.90. The van der Waals surface area contributed by atoms with E-state index in [2.05, 4.69) is 41.5 Å². The minimum atomic E-state index is -0.0709. The summed E-state index contributed by atoms with van der Waals surface area (Å²) in [5.74, 6) is 0.621. The standard InChI is InChI=1S/C22H30O2S/c1-13-9-15(23)11-17(21(3,4)5)19(13)25-20-14(2)10-16(24)12-18(20)22(6,7)8/h9-12,23-24H,1-8H3. The molecule has 136 valence electrons. The first-order valence-corrected chi connectivity index (χ1v) is 9.48. The summed E-state index contributed by atoms with van der Waals surface area (Å²) in [6, 6.07) is 7.40. The summed E-state index contributed by atoms with van der Waals surface area (Å²) in [7, 11) is 0. The average molecular weight is 359 g/mol. The third kappa shape index (κ3) is 4.33. The number of benzene rings is 2. The van der Waals surface area contributed by atoms with Crippen molar-refractivity contribution in [3.05, 3.63) is 46.5 Å². The first-order valence-electron chi connectivity index (χ1n) is 8.66. The van der Waals surface area contributed by atoms with E-state index in [1.54, 1.807) is 11.8 Å². The molecule has 0 bridgehead atoms. The Labute approximate surface area is 156 Å². The van der Waals surface area contributed by atoms with Crippen LogP contribution in [-0.4, -0.2) is 10.2 Å². The molecule has 0 heterocycles. The van der Waals surface area contributed by atoms with E-state index in [4.69, 9.17) is 0 Å². The quantitative estimate of drug-likeness (QED) is 0.647. The highest BCUT2D eigenvalue weighted by molar-refractivity contribution is 7.99. The second kappa shape index (κ2) is 6.60. The Bertz CT molecular complexity index is 726. The number of hydrogen-bond acceptors (Lipinski definition) is 3. The largest absolute Gasteiger partial charge is 0.508 e. The van der Waals surface area contributed by atoms with Crippen LogP contribution < -0.4 is 0 Å². The van der Waals surface area contributed by atoms with Gasteiger partial charge in [0.05, 0.1) is 0 Å². The Kier molecular flexibility index (Phi) is 5.21. The van der Waals surface area contributed by atoms with E-state index in [1.165, 1.54) is 9.79 Å². The van der Waals surface area contributed by atoms with Gasteiger partial charge >= 0.3 is 0 Å². The highest BCUT2D eigenvalue weighted by Crippen LogP contribution is 2.45. The highest BCUT2D eigenvalue weighted by atomic mass is 32.2. The molecule has 0 aliphatic rings. The minimum absolute atomic E-state index is 0.0709. The van der Waals surface area contributed by atoms with Gasteiger partial charge in [-0.05, 0) is 71.2 Å². The molecule has 25 heavy (non-hydrogen) atoms. The number of phenolic OH excluding ortho intramolecular Hbond substituents is 2. The predicted molar refractivity (Wildman–Crippen MR) is 107 cm³/mol. The molecule has 0 saturated carbocycles. The van der Waals surface area contributed by atoms with E-state index in [9.17, 15) is 10.2 Å². The molecular formula is C22H30O2S. The maximum Gasteiger partial charge on any atom is 0.116 e. The van der Waals surface area contributed by atoms with E-state index in [0.717, 1.165) is 22.3 Å². The summed E-state index contributed by atoms with van der Waals surface area (Å²) >= 11 is 1.74. The summed E-state index contributed by atoms with van der Waals surface area (Å²) in [5, 5.41) is 20.2. The van der Waals surface area contributed by atoms with Crippen LogP contribution in [0.4, 0.5) is 0 Å². The molecule has 0 aliphatic heterocycles. The van der Waals surface area contributed by atoms with E-state index in [0.29, 0.717) is 11.5 Å². The maximum atomic E-state index is 10.1. The fourth-order valence-corrected chi connectivity index (χ4v) is 4.59. The Hall–Kier alpha value is -1.61. The van der Waals surface area contributed by atoms with E-state index in [1.807, 2.05) is 38.1 Å². The zero-order valence-electron chi connectivity index (χ0n) is 16.6. The lowest BCUT2D eigenvalue weighted by Gasteiger charge is -2.28. The van der Waals surface area contributed by atoms with Crippen LogP contribution in [0.2, 0.25) is 0 Å². The molecule has 2 aromatic carbocycles. The lowest BCUT2D eigenvalue weighted by Crippen LogP contribution is -2.15. The molecule has 0 saturated heterocycles. The van der Waals surface area contributed by atoms with Crippen LogP contribution in [0.1, 0.15) is 63.8 Å². The summed E-state index contributed by atoms with van der Waals surface area (Å²) in [4.78, 5) is 2.37. The smallest absolute Gasteiger partial charge is 0.116 e. The monoisotopic (exact) mass is 358 g/mol. The number of aromatic hydroxyl groups is 2. The summed E-state index contributed by atoms with van der Waals surface area (Å²) in [5.41, 5.74) is 4.28. The molecule has 0 spiro atoms. The van der Waals surface area contributed by atoms with Crippen molar-refractivity contribution in [2.45, 2.75) is 76.0 Å². The molecule has 2 N–H and O–H groups in total. The van der Waals surface area contributed by atoms with Crippen LogP contribution in [0.25, 0.3) is 0 Å². The molecule has 0 atom stereocenters. The van der Waals surface area contributed by atoms with Crippen LogP contribution in [0, 0.1) is 13.8 Å². The van der Waals surface area contributed by atoms with Gasteiger partial charge in [-0.1, -0.05) is 53.3 Å². The Morgan fingerprint density at radius 1 is 0.640 bits per heavy atom. The zero-order valence-corrected chi connectivity index (χ0v) is 17.4. The molecule has 0 radical (unpaired) electrons. The van der Waals surface area contributed by atoms with Crippen LogP contribution in [0.5, 0.6) is 11.5 Å². The third-order valence-electron chi connectivity index (χ3n) is 4.34. The summed E-state index contributed by atoms with van der Waals surface area (Å²) in [6.07, 6.45) is 0. The van der Waals surface area contributed by atoms with Crippen molar-refractivity contribution >= 4 is 11.8 Å². The third-order valence-corrected chi connectivity index (χ3v) is 5.83. The van der Waals surface area contributed by atoms with Gasteiger partial charge in [-0.2, -0.15) is 0 Å². The van der Waals surface area contributed by atoms with Gasteiger partial charge in [0.2, 0.25) is 0 Å². The molecule has 0 amide bonds. The van der Waals surface area contributed by atoms with Crippen molar-refractivity contribution in [3.8, 4) is 11.5 Å². The maximum absolute atomic E-state index is 10.1. The number of aryl methyl sites for hydroxylation is 2. The van der Waals surface area contributed by atoms with Gasteiger partial charge in [0, 0.05) is 9.79 Å². The molecular weight excluding hydrogens is 328 g/mol. The van der Waals surface area contributed by atoms with Crippen LogP contribution >= 0.6 is 11.8 Å². The first-order chi connectivity index (χ1) is 11.3. The van der Waals surface area contributed by atoms with Gasteiger partial charge in [-0.3, -0.25) is 0 Å². The second-order valence-electron chi connectivity index (χ2n) is 8.88. The normalized spacial score (nSPS) is 12.5. The van der Waals surface area contributed by atoms with Gasteiger partial charge in [0.15, 0.2) is 0 Å². The fraction of sp³-hybridized carbons (Fsp3) is 0.455. The average Bonchev–Trinajstić information content (AvgIpc) is 2.40. The van der Waals surface area contributed by atoms with E-state index < -0.39 is 0 Å². The molecule has 2 rings (SSSR count). The number of rotatable bonds is 2. The molecule has 3 heteroatoms. The Balaban J connectivity index is 2.70. The fourth-order valence-electron chi connectivity index (χ4n) is 3.00. The van der Waals surface area contributed by atoms with E-state index in [-0.39, 0.29) is 10.8 Å². The lowest BCUT2D eigenvalue weighted by atomic mass is 9.85. The highest BCUT2D eigenvalue weighted by Gasteiger charge is 2.25. The van der Waals surface area contributed by atoms with Crippen molar-refractivity contribution in [1.82, 2.24) is 0 Å². The van der Waals surface area contributed by atoms with Crippen LogP contribution in [0.15, 0.2) is 34.1 Å². The van der Waals surface area contributed by atoms with Gasteiger partial charge in [-0.15, -0.1) is 0 Å². The summed E-state index contributed by atoms with van der Waals surface area (Å²) in [6.45, 7) is 17.1. The first kappa shape index (κ1) is 19.7. The predicted octanol–water partition coefficient (Wildman–Crippen LogP) is 6.46. The Morgan fingerprint density at radius 2 is 0.960 bits per heavy atom. The molecule has 0 aliphatic carbocycles. The van der Waals surface area contributed by atoms with Gasteiger partial charge < -0.3 is 10.2 Å².